The van der Waals surface area contributed by atoms with Crippen LogP contribution in [-0.2, 0) is 11.3 Å². The molecular weight excluding hydrogens is 304 g/mol. The van der Waals surface area contributed by atoms with Crippen LogP contribution in [0, 0.1) is 6.92 Å². The predicted molar refractivity (Wildman–Crippen MR) is 93.7 cm³/mol. The monoisotopic (exact) mass is 326 g/mol. The lowest BCUT2D eigenvalue weighted by molar-refractivity contribution is -0.137. The summed E-state index contributed by atoms with van der Waals surface area (Å²) in [5, 5.41) is 11.4. The van der Waals surface area contributed by atoms with Gasteiger partial charge in [-0.05, 0) is 29.2 Å². The quantitative estimate of drug-likeness (QED) is 0.856. The summed E-state index contributed by atoms with van der Waals surface area (Å²) in [6, 6.07) is 16.0. The van der Waals surface area contributed by atoms with Crippen LogP contribution in [0.3, 0.4) is 0 Å². The van der Waals surface area contributed by atoms with E-state index < -0.39 is 5.97 Å². The minimum atomic E-state index is -0.915. The fourth-order valence-corrected chi connectivity index (χ4v) is 2.45. The SMILES string of the molecule is Cc1cc(CNC(=O)N(C)CCC(=O)O)ccc1-c1ccccc1. The molecule has 5 heteroatoms. The Labute approximate surface area is 141 Å². The summed E-state index contributed by atoms with van der Waals surface area (Å²) < 4.78 is 0. The van der Waals surface area contributed by atoms with Crippen molar-refractivity contribution in [3.05, 3.63) is 59.7 Å². The molecule has 0 aliphatic heterocycles. The zero-order chi connectivity index (χ0) is 17.5. The third-order valence-electron chi connectivity index (χ3n) is 3.83. The number of amides is 2. The minimum Gasteiger partial charge on any atom is -0.481 e. The van der Waals surface area contributed by atoms with Gasteiger partial charge in [0.15, 0.2) is 0 Å². The highest BCUT2D eigenvalue weighted by atomic mass is 16.4. The van der Waals surface area contributed by atoms with Crippen LogP contribution >= 0.6 is 0 Å². The lowest BCUT2D eigenvalue weighted by atomic mass is 9.98. The number of rotatable bonds is 6. The van der Waals surface area contributed by atoms with Gasteiger partial charge in [-0.15, -0.1) is 0 Å². The predicted octanol–water partition coefficient (Wildman–Crippen LogP) is 3.28. The molecule has 0 saturated heterocycles. The molecular formula is C19H22N2O3. The van der Waals surface area contributed by atoms with Crippen LogP contribution in [-0.4, -0.2) is 35.6 Å². The molecule has 0 radical (unpaired) electrons. The molecule has 0 aliphatic rings. The third kappa shape index (κ3) is 4.84. The molecule has 0 saturated carbocycles. The molecule has 0 bridgehead atoms. The van der Waals surface area contributed by atoms with Gasteiger partial charge in [0.05, 0.1) is 6.42 Å². The summed E-state index contributed by atoms with van der Waals surface area (Å²) in [4.78, 5) is 23.8. The smallest absolute Gasteiger partial charge is 0.317 e. The van der Waals surface area contributed by atoms with Crippen LogP contribution in [0.15, 0.2) is 48.5 Å². The Morgan fingerprint density at radius 3 is 2.46 bits per heavy atom. The number of carboxylic acids is 1. The molecule has 0 unspecified atom stereocenters. The third-order valence-corrected chi connectivity index (χ3v) is 3.83. The highest BCUT2D eigenvalue weighted by Gasteiger charge is 2.10. The second-order valence-electron chi connectivity index (χ2n) is 5.74. The Bertz CT molecular complexity index is 714. The van der Waals surface area contributed by atoms with Crippen molar-refractivity contribution in [3.8, 4) is 11.1 Å². The largest absolute Gasteiger partial charge is 0.481 e. The number of benzene rings is 2. The topological polar surface area (TPSA) is 69.6 Å². The number of urea groups is 1. The van der Waals surface area contributed by atoms with E-state index in [-0.39, 0.29) is 19.0 Å². The summed E-state index contributed by atoms with van der Waals surface area (Å²) in [5.41, 5.74) is 4.49. The van der Waals surface area contributed by atoms with Gasteiger partial charge in [0, 0.05) is 20.1 Å². The lowest BCUT2D eigenvalue weighted by Crippen LogP contribution is -2.37. The standard InChI is InChI=1S/C19H22N2O3/c1-14-12-15(8-9-17(14)16-6-4-3-5-7-16)13-20-19(24)21(2)11-10-18(22)23/h3-9,12H,10-11,13H2,1-2H3,(H,20,24)(H,22,23). The highest BCUT2D eigenvalue weighted by molar-refractivity contribution is 5.75. The first-order valence-electron chi connectivity index (χ1n) is 7.83. The maximum Gasteiger partial charge on any atom is 0.317 e. The van der Waals surface area contributed by atoms with E-state index >= 15 is 0 Å². The normalized spacial score (nSPS) is 10.2. The first-order valence-corrected chi connectivity index (χ1v) is 7.83. The van der Waals surface area contributed by atoms with E-state index in [4.69, 9.17) is 5.11 Å². The number of carbonyl (C=O) groups is 2. The molecule has 2 aromatic carbocycles. The zero-order valence-electron chi connectivity index (χ0n) is 14.0. The summed E-state index contributed by atoms with van der Waals surface area (Å²) in [6.07, 6.45) is -0.0607. The van der Waals surface area contributed by atoms with E-state index in [0.29, 0.717) is 6.54 Å². The maximum absolute atomic E-state index is 11.9. The Morgan fingerprint density at radius 2 is 1.83 bits per heavy atom. The molecule has 2 rings (SSSR count). The number of carbonyl (C=O) groups excluding carboxylic acids is 1. The van der Waals surface area contributed by atoms with Crippen molar-refractivity contribution in [2.24, 2.45) is 0 Å². The van der Waals surface area contributed by atoms with Gasteiger partial charge in [0.25, 0.3) is 0 Å². The van der Waals surface area contributed by atoms with Gasteiger partial charge in [0.1, 0.15) is 0 Å². The molecule has 2 N–H and O–H groups in total. The van der Waals surface area contributed by atoms with Crippen LogP contribution in [0.25, 0.3) is 11.1 Å². The van der Waals surface area contributed by atoms with Crippen molar-refractivity contribution in [2.45, 2.75) is 19.9 Å². The van der Waals surface area contributed by atoms with E-state index in [1.165, 1.54) is 16.0 Å². The van der Waals surface area contributed by atoms with Crippen LogP contribution < -0.4 is 5.32 Å². The number of nitrogens with zero attached hydrogens (tertiary/aromatic N) is 1. The maximum atomic E-state index is 11.9. The van der Waals surface area contributed by atoms with Gasteiger partial charge in [-0.1, -0.05) is 48.5 Å². The number of hydrogen-bond acceptors (Lipinski definition) is 2. The van der Waals surface area contributed by atoms with Crippen molar-refractivity contribution in [1.29, 1.82) is 0 Å². The van der Waals surface area contributed by atoms with E-state index in [1.807, 2.05) is 31.2 Å². The Balaban J connectivity index is 1.95. The molecule has 0 atom stereocenters. The second kappa shape index (κ2) is 8.15. The summed E-state index contributed by atoms with van der Waals surface area (Å²) in [6.45, 7) is 2.64. The Kier molecular flexibility index (Phi) is 5.95. The van der Waals surface area contributed by atoms with E-state index in [9.17, 15) is 9.59 Å². The molecule has 0 heterocycles. The van der Waals surface area contributed by atoms with E-state index in [1.54, 1.807) is 7.05 Å². The molecule has 2 aromatic rings. The number of aryl methyl sites for hydroxylation is 1. The van der Waals surface area contributed by atoms with Crippen LogP contribution in [0.1, 0.15) is 17.5 Å². The van der Waals surface area contributed by atoms with Gasteiger partial charge >= 0.3 is 12.0 Å². The van der Waals surface area contributed by atoms with Crippen LogP contribution in [0.4, 0.5) is 4.79 Å². The molecule has 2 amide bonds. The fourth-order valence-electron chi connectivity index (χ4n) is 2.45. The van der Waals surface area contributed by atoms with Crippen LogP contribution in [0.2, 0.25) is 0 Å². The second-order valence-corrected chi connectivity index (χ2v) is 5.74. The fraction of sp³-hybridized carbons (Fsp3) is 0.263. The van der Waals surface area contributed by atoms with Crippen molar-refractivity contribution >= 4 is 12.0 Å². The number of aliphatic carboxylic acids is 1. The summed E-state index contributed by atoms with van der Waals surface area (Å²) >= 11 is 0. The number of nitrogens with one attached hydrogen (secondary N) is 1. The lowest BCUT2D eigenvalue weighted by Gasteiger charge is -2.17. The van der Waals surface area contributed by atoms with Gasteiger partial charge in [-0.2, -0.15) is 0 Å². The first-order chi connectivity index (χ1) is 11.5. The minimum absolute atomic E-state index is 0.0607. The molecule has 24 heavy (non-hydrogen) atoms. The van der Waals surface area contributed by atoms with Gasteiger partial charge in [-0.25, -0.2) is 4.79 Å². The molecule has 0 fully saturated rings. The van der Waals surface area contributed by atoms with Crippen LogP contribution in [0.5, 0.6) is 0 Å². The average Bonchev–Trinajstić information content (AvgIpc) is 2.58. The van der Waals surface area contributed by atoms with Gasteiger partial charge in [-0.3, -0.25) is 4.79 Å². The molecule has 0 spiro atoms. The molecule has 5 nitrogen and oxygen atoms in total. The molecule has 0 aromatic heterocycles. The molecule has 0 aliphatic carbocycles. The number of carboxylic acid groups (broad SMARTS) is 1. The van der Waals surface area contributed by atoms with Crippen molar-refractivity contribution < 1.29 is 14.7 Å². The van der Waals surface area contributed by atoms with Crippen molar-refractivity contribution in [1.82, 2.24) is 10.2 Å². The van der Waals surface area contributed by atoms with Crippen molar-refractivity contribution in [2.75, 3.05) is 13.6 Å². The summed E-state index contributed by atoms with van der Waals surface area (Å²) in [5.74, 6) is -0.915. The number of hydrogen-bond donors (Lipinski definition) is 2. The highest BCUT2D eigenvalue weighted by Crippen LogP contribution is 2.23. The Hall–Kier alpha value is -2.82. The summed E-state index contributed by atoms with van der Waals surface area (Å²) in [7, 11) is 1.59. The van der Waals surface area contributed by atoms with E-state index in [2.05, 4.69) is 29.6 Å². The molecule has 126 valence electrons. The Morgan fingerprint density at radius 1 is 1.12 bits per heavy atom. The van der Waals surface area contributed by atoms with Gasteiger partial charge in [0.2, 0.25) is 0 Å². The first kappa shape index (κ1) is 17.5. The zero-order valence-corrected chi connectivity index (χ0v) is 14.0. The van der Waals surface area contributed by atoms with E-state index in [0.717, 1.165) is 11.1 Å². The van der Waals surface area contributed by atoms with Crippen molar-refractivity contribution in [3.63, 3.8) is 0 Å². The average molecular weight is 326 g/mol. The van der Waals surface area contributed by atoms with Gasteiger partial charge < -0.3 is 15.3 Å².